The van der Waals surface area contributed by atoms with Gasteiger partial charge in [-0.1, -0.05) is 23.7 Å². The first-order chi connectivity index (χ1) is 15.0. The van der Waals surface area contributed by atoms with Crippen LogP contribution < -0.4 is 4.90 Å². The molecule has 3 heterocycles. The van der Waals surface area contributed by atoms with E-state index in [4.69, 9.17) is 21.3 Å². The molecule has 2 saturated heterocycles. The molecule has 0 aliphatic carbocycles. The Balaban J connectivity index is 1.59. The number of carbonyl (C=O) groups excluding carboxylic acids is 1. The van der Waals surface area contributed by atoms with E-state index in [1.165, 1.54) is 0 Å². The zero-order chi connectivity index (χ0) is 21.8. The second-order valence-corrected chi connectivity index (χ2v) is 8.76. The van der Waals surface area contributed by atoms with E-state index in [2.05, 4.69) is 9.88 Å². The molecule has 2 aliphatic heterocycles. The fraction of sp³-hybridized carbons (Fsp3) is 0.522. The summed E-state index contributed by atoms with van der Waals surface area (Å²) in [5, 5.41) is 0.671. The van der Waals surface area contributed by atoms with Crippen molar-refractivity contribution in [3.63, 3.8) is 0 Å². The van der Waals surface area contributed by atoms with Crippen molar-refractivity contribution in [3.8, 4) is 11.1 Å². The number of aromatic nitrogens is 2. The normalized spacial score (nSPS) is 19.6. The third kappa shape index (κ3) is 5.17. The molecule has 0 radical (unpaired) electrons. The number of carbonyl (C=O) groups is 1. The van der Waals surface area contributed by atoms with Crippen LogP contribution in [0.4, 0.5) is 5.95 Å². The van der Waals surface area contributed by atoms with Crippen LogP contribution in [-0.4, -0.2) is 79.2 Å². The van der Waals surface area contributed by atoms with Crippen molar-refractivity contribution in [2.75, 3.05) is 58.4 Å². The Kier molecular flexibility index (Phi) is 7.05. The van der Waals surface area contributed by atoms with E-state index >= 15 is 0 Å². The number of hydrogen-bond donors (Lipinski definition) is 0. The van der Waals surface area contributed by atoms with Gasteiger partial charge in [0.15, 0.2) is 0 Å². The number of morpholine rings is 1. The van der Waals surface area contributed by atoms with Crippen LogP contribution in [0.3, 0.4) is 0 Å². The van der Waals surface area contributed by atoms with Crippen molar-refractivity contribution in [2.45, 2.75) is 25.3 Å². The first-order valence-electron chi connectivity index (χ1n) is 10.9. The van der Waals surface area contributed by atoms with Crippen LogP contribution in [0.15, 0.2) is 30.5 Å². The maximum atomic E-state index is 13.2. The topological polar surface area (TPSA) is 61.8 Å². The predicted molar refractivity (Wildman–Crippen MR) is 122 cm³/mol. The molecule has 2 aromatic rings. The second kappa shape index (κ2) is 9.94. The van der Waals surface area contributed by atoms with Crippen molar-refractivity contribution in [1.82, 2.24) is 19.8 Å². The summed E-state index contributed by atoms with van der Waals surface area (Å²) in [5.41, 5.74) is 2.81. The molecule has 4 rings (SSSR count). The number of rotatable bonds is 6. The largest absolute Gasteiger partial charge is 0.379 e. The number of anilines is 1. The maximum absolute atomic E-state index is 13.2. The van der Waals surface area contributed by atoms with E-state index in [0.29, 0.717) is 17.4 Å². The third-order valence-corrected chi connectivity index (χ3v) is 6.21. The molecule has 1 amide bonds. The summed E-state index contributed by atoms with van der Waals surface area (Å²) in [6, 6.07) is 7.69. The molecule has 1 aromatic carbocycles. The fourth-order valence-corrected chi connectivity index (χ4v) is 4.50. The number of hydrogen-bond acceptors (Lipinski definition) is 6. The predicted octanol–water partition coefficient (Wildman–Crippen LogP) is 3.25. The van der Waals surface area contributed by atoms with E-state index < -0.39 is 0 Å². The van der Waals surface area contributed by atoms with Gasteiger partial charge in [0, 0.05) is 63.5 Å². The summed E-state index contributed by atoms with van der Waals surface area (Å²) in [6.07, 6.45) is 4.26. The molecular weight excluding hydrogens is 414 g/mol. The molecular formula is C23H30ClN5O2. The number of ether oxygens (including phenoxy) is 1. The molecule has 0 bridgehead atoms. The molecule has 1 unspecified atom stereocenters. The summed E-state index contributed by atoms with van der Waals surface area (Å²) in [4.78, 5) is 28.8. The van der Waals surface area contributed by atoms with Crippen LogP contribution >= 0.6 is 11.6 Å². The van der Waals surface area contributed by atoms with Gasteiger partial charge >= 0.3 is 0 Å². The van der Waals surface area contributed by atoms with Gasteiger partial charge in [0.05, 0.1) is 24.9 Å². The lowest BCUT2D eigenvalue weighted by Crippen LogP contribution is -2.39. The monoisotopic (exact) mass is 443 g/mol. The summed E-state index contributed by atoms with van der Waals surface area (Å²) in [6.45, 7) is 4.83. The van der Waals surface area contributed by atoms with Crippen LogP contribution in [0.25, 0.3) is 11.1 Å². The second-order valence-electron chi connectivity index (χ2n) is 8.32. The Morgan fingerprint density at radius 3 is 2.81 bits per heavy atom. The summed E-state index contributed by atoms with van der Waals surface area (Å²) in [5.74, 6) is 0.837. The van der Waals surface area contributed by atoms with Crippen molar-refractivity contribution in [2.24, 2.45) is 0 Å². The highest BCUT2D eigenvalue weighted by molar-refractivity contribution is 6.30. The molecule has 1 atom stereocenters. The Morgan fingerprint density at radius 2 is 2.06 bits per heavy atom. The Hall–Kier alpha value is -2.22. The molecule has 0 spiro atoms. The van der Waals surface area contributed by atoms with Crippen molar-refractivity contribution in [3.05, 3.63) is 41.2 Å². The van der Waals surface area contributed by atoms with Crippen LogP contribution in [0.1, 0.15) is 31.0 Å². The number of benzene rings is 1. The number of halogens is 1. The number of amides is 1. The maximum Gasteiger partial charge on any atom is 0.225 e. The molecule has 0 N–H and O–H groups in total. The molecule has 2 aliphatic rings. The molecule has 166 valence electrons. The number of likely N-dealkylation sites (tertiary alicyclic amines) is 1. The van der Waals surface area contributed by atoms with Gasteiger partial charge in [-0.15, -0.1) is 0 Å². The lowest BCUT2D eigenvalue weighted by Gasteiger charge is -2.29. The van der Waals surface area contributed by atoms with Gasteiger partial charge in [0.25, 0.3) is 0 Å². The molecule has 8 heteroatoms. The van der Waals surface area contributed by atoms with Crippen molar-refractivity contribution >= 4 is 23.5 Å². The molecule has 31 heavy (non-hydrogen) atoms. The summed E-state index contributed by atoms with van der Waals surface area (Å²) in [7, 11) is 3.86. The molecule has 1 aromatic heterocycles. The fourth-order valence-electron chi connectivity index (χ4n) is 4.30. The van der Waals surface area contributed by atoms with Crippen molar-refractivity contribution in [1.29, 1.82) is 0 Å². The Bertz CT molecular complexity index is 917. The summed E-state index contributed by atoms with van der Waals surface area (Å²) >= 11 is 6.26. The highest BCUT2D eigenvalue weighted by Gasteiger charge is 2.33. The quantitative estimate of drug-likeness (QED) is 0.683. The van der Waals surface area contributed by atoms with E-state index in [9.17, 15) is 4.79 Å². The molecule has 7 nitrogen and oxygen atoms in total. The Labute approximate surface area is 189 Å². The minimum absolute atomic E-state index is 0.0483. The van der Waals surface area contributed by atoms with Crippen LogP contribution in [0.2, 0.25) is 5.02 Å². The van der Waals surface area contributed by atoms with Crippen LogP contribution in [-0.2, 0) is 9.53 Å². The highest BCUT2D eigenvalue weighted by atomic mass is 35.5. The lowest BCUT2D eigenvalue weighted by molar-refractivity contribution is -0.132. The van der Waals surface area contributed by atoms with Gasteiger partial charge in [0.2, 0.25) is 11.9 Å². The Morgan fingerprint density at radius 1 is 1.26 bits per heavy atom. The van der Waals surface area contributed by atoms with Crippen molar-refractivity contribution < 1.29 is 9.53 Å². The van der Waals surface area contributed by atoms with E-state index in [1.54, 1.807) is 0 Å². The smallest absolute Gasteiger partial charge is 0.225 e. The minimum Gasteiger partial charge on any atom is -0.379 e. The number of nitrogens with zero attached hydrogens (tertiary/aromatic N) is 5. The van der Waals surface area contributed by atoms with E-state index in [1.807, 2.05) is 54.4 Å². The van der Waals surface area contributed by atoms with Gasteiger partial charge in [-0.3, -0.25) is 9.69 Å². The standard InChI is InChI=1S/C23H30ClN5O2/c1-27(2)23-25-16-19(17-5-3-6-18(24)15-17)22(26-23)20-7-4-9-29(20)21(30)8-10-28-11-13-31-14-12-28/h3,5-6,15-16,20H,4,7-14H2,1-2H3. The first kappa shape index (κ1) is 22.0. The zero-order valence-electron chi connectivity index (χ0n) is 18.3. The van der Waals surface area contributed by atoms with Gasteiger partial charge < -0.3 is 14.5 Å². The molecule has 2 fully saturated rings. The average Bonchev–Trinajstić information content (AvgIpc) is 3.27. The molecule has 0 saturated carbocycles. The summed E-state index contributed by atoms with van der Waals surface area (Å²) < 4.78 is 5.41. The van der Waals surface area contributed by atoms with Crippen LogP contribution in [0.5, 0.6) is 0 Å². The SMILES string of the molecule is CN(C)c1ncc(-c2cccc(Cl)c2)c(C2CCCN2C(=O)CCN2CCOCC2)n1. The highest BCUT2D eigenvalue weighted by Crippen LogP contribution is 2.38. The van der Waals surface area contributed by atoms with Crippen LogP contribution in [0, 0.1) is 0 Å². The minimum atomic E-state index is -0.0483. The average molecular weight is 444 g/mol. The lowest BCUT2D eigenvalue weighted by atomic mass is 9.99. The first-order valence-corrected chi connectivity index (χ1v) is 11.3. The van der Waals surface area contributed by atoms with E-state index in [-0.39, 0.29) is 11.9 Å². The zero-order valence-corrected chi connectivity index (χ0v) is 19.0. The van der Waals surface area contributed by atoms with E-state index in [0.717, 1.165) is 69.1 Å². The third-order valence-electron chi connectivity index (χ3n) is 5.98. The van der Waals surface area contributed by atoms with Gasteiger partial charge in [-0.2, -0.15) is 0 Å². The van der Waals surface area contributed by atoms with Gasteiger partial charge in [-0.05, 0) is 30.5 Å². The van der Waals surface area contributed by atoms with Gasteiger partial charge in [0.1, 0.15) is 0 Å². The van der Waals surface area contributed by atoms with Gasteiger partial charge in [-0.25, -0.2) is 9.97 Å².